The molecule has 2 heterocycles. The minimum absolute atomic E-state index is 0.283. The molecule has 1 aromatic heterocycles. The normalized spacial score (nSPS) is 14.3. The van der Waals surface area contributed by atoms with Gasteiger partial charge in [0.2, 0.25) is 12.4 Å². The van der Waals surface area contributed by atoms with Gasteiger partial charge in [0, 0.05) is 29.6 Å². The van der Waals surface area contributed by atoms with Crippen LogP contribution < -0.4 is 9.47 Å². The highest BCUT2D eigenvalue weighted by molar-refractivity contribution is 7.90. The molecule has 0 saturated heterocycles. The van der Waals surface area contributed by atoms with E-state index in [1.807, 2.05) is 4.57 Å². The summed E-state index contributed by atoms with van der Waals surface area (Å²) in [7, 11) is -3.30. The Morgan fingerprint density at radius 3 is 2.41 bits per heavy atom. The summed E-state index contributed by atoms with van der Waals surface area (Å²) in [6, 6.07) is 4.92. The van der Waals surface area contributed by atoms with Gasteiger partial charge >= 0.3 is 0 Å². The van der Waals surface area contributed by atoms with E-state index in [9.17, 15) is 17.2 Å². The van der Waals surface area contributed by atoms with Crippen LogP contribution in [0.1, 0.15) is 11.3 Å². The Bertz CT molecular complexity index is 846. The van der Waals surface area contributed by atoms with Crippen molar-refractivity contribution in [1.29, 1.82) is 0 Å². The maximum atomic E-state index is 13.4. The van der Waals surface area contributed by atoms with Crippen molar-refractivity contribution >= 4 is 15.5 Å². The van der Waals surface area contributed by atoms with Gasteiger partial charge < -0.3 is 4.90 Å². The van der Waals surface area contributed by atoms with Crippen molar-refractivity contribution in [2.24, 2.45) is 0 Å². The fraction of sp³-hybridized carbons (Fsp3) is 0.267. The SMILES string of the molecule is Cc1c(S(C)(=O)=O)cc[n+]2c1CN(c1cc(F)cc(F)c1)C2. The minimum atomic E-state index is -3.30. The molecule has 0 saturated carbocycles. The van der Waals surface area contributed by atoms with Crippen molar-refractivity contribution in [1.82, 2.24) is 0 Å². The van der Waals surface area contributed by atoms with Crippen molar-refractivity contribution in [2.75, 3.05) is 11.2 Å². The van der Waals surface area contributed by atoms with Crippen LogP contribution in [0.4, 0.5) is 14.5 Å². The highest BCUT2D eigenvalue weighted by Crippen LogP contribution is 2.25. The maximum absolute atomic E-state index is 13.4. The van der Waals surface area contributed by atoms with Gasteiger partial charge in [-0.05, 0) is 19.1 Å². The number of sulfone groups is 1. The number of aromatic nitrogens is 1. The first-order valence-corrected chi connectivity index (χ1v) is 8.58. The Morgan fingerprint density at radius 2 is 1.82 bits per heavy atom. The van der Waals surface area contributed by atoms with Crippen molar-refractivity contribution in [2.45, 2.75) is 25.0 Å². The van der Waals surface area contributed by atoms with E-state index >= 15 is 0 Å². The number of benzene rings is 1. The Balaban J connectivity index is 2.01. The van der Waals surface area contributed by atoms with Gasteiger partial charge in [-0.3, -0.25) is 0 Å². The van der Waals surface area contributed by atoms with Crippen LogP contribution in [0.25, 0.3) is 0 Å². The average molecular weight is 325 g/mol. The second kappa shape index (κ2) is 5.01. The molecule has 0 bridgehead atoms. The second-order valence-corrected chi connectivity index (χ2v) is 7.44. The number of fused-ring (bicyclic) bond motifs is 1. The van der Waals surface area contributed by atoms with Crippen LogP contribution in [0.3, 0.4) is 0 Å². The Kier molecular flexibility index (Phi) is 3.40. The molecule has 2 aromatic rings. The molecule has 0 fully saturated rings. The molecule has 0 radical (unpaired) electrons. The van der Waals surface area contributed by atoms with Crippen molar-refractivity contribution in [3.05, 3.63) is 53.4 Å². The molecule has 0 N–H and O–H groups in total. The molecule has 0 spiro atoms. The Hall–Kier alpha value is -2.02. The van der Waals surface area contributed by atoms with Crippen molar-refractivity contribution in [3.63, 3.8) is 0 Å². The maximum Gasteiger partial charge on any atom is 0.224 e. The molecule has 1 aromatic carbocycles. The van der Waals surface area contributed by atoms with Crippen LogP contribution >= 0.6 is 0 Å². The molecule has 0 amide bonds. The third-order valence-corrected chi connectivity index (χ3v) is 5.07. The zero-order valence-corrected chi connectivity index (χ0v) is 13.0. The Morgan fingerprint density at radius 1 is 1.18 bits per heavy atom. The largest absolute Gasteiger partial charge is 0.306 e. The molecular formula is C15H15F2N2O2S+. The van der Waals surface area contributed by atoms with Gasteiger partial charge in [-0.15, -0.1) is 0 Å². The molecule has 3 rings (SSSR count). The zero-order chi connectivity index (χ0) is 16.1. The standard InChI is InChI=1S/C15H15F2N2O2S/c1-10-14-8-19(13-6-11(16)5-12(17)7-13)9-18(14)4-3-15(10)22(2,20)21/h3-7H,8-9H2,1-2H3/q+1. The van der Waals surface area contributed by atoms with Crippen LogP contribution in [0, 0.1) is 18.6 Å². The van der Waals surface area contributed by atoms with E-state index in [0.717, 1.165) is 11.8 Å². The molecule has 1 aliphatic rings. The van der Waals surface area contributed by atoms with E-state index in [2.05, 4.69) is 0 Å². The van der Waals surface area contributed by atoms with E-state index in [1.54, 1.807) is 24.1 Å². The zero-order valence-electron chi connectivity index (χ0n) is 12.2. The topological polar surface area (TPSA) is 41.3 Å². The van der Waals surface area contributed by atoms with Gasteiger partial charge in [0.05, 0.1) is 4.90 Å². The molecule has 4 nitrogen and oxygen atoms in total. The van der Waals surface area contributed by atoms with E-state index in [0.29, 0.717) is 24.5 Å². The lowest BCUT2D eigenvalue weighted by Crippen LogP contribution is -2.37. The number of halogens is 2. The van der Waals surface area contributed by atoms with Gasteiger partial charge in [-0.25, -0.2) is 17.2 Å². The molecule has 116 valence electrons. The minimum Gasteiger partial charge on any atom is -0.306 e. The first-order valence-electron chi connectivity index (χ1n) is 6.69. The van der Waals surface area contributed by atoms with Crippen LogP contribution in [0.2, 0.25) is 0 Å². The first kappa shape index (κ1) is 14.9. The summed E-state index contributed by atoms with van der Waals surface area (Å²) in [5.41, 5.74) is 1.93. The van der Waals surface area contributed by atoms with Crippen molar-refractivity contribution in [3.8, 4) is 0 Å². The van der Waals surface area contributed by atoms with Gasteiger partial charge in [0.1, 0.15) is 18.2 Å². The highest BCUT2D eigenvalue weighted by atomic mass is 32.2. The second-order valence-electron chi connectivity index (χ2n) is 5.46. The summed E-state index contributed by atoms with van der Waals surface area (Å²) in [6.07, 6.45) is 2.86. The summed E-state index contributed by atoms with van der Waals surface area (Å²) in [5.74, 6) is -1.27. The Labute approximate surface area is 127 Å². The van der Waals surface area contributed by atoms with Gasteiger partial charge in [0.15, 0.2) is 16.0 Å². The number of hydrogen-bond acceptors (Lipinski definition) is 3. The molecule has 0 unspecified atom stereocenters. The molecule has 0 atom stereocenters. The monoisotopic (exact) mass is 325 g/mol. The molecular weight excluding hydrogens is 310 g/mol. The highest BCUT2D eigenvalue weighted by Gasteiger charge is 2.31. The third-order valence-electron chi connectivity index (χ3n) is 3.83. The van der Waals surface area contributed by atoms with E-state index in [-0.39, 0.29) is 4.90 Å². The quantitative estimate of drug-likeness (QED) is 0.793. The fourth-order valence-electron chi connectivity index (χ4n) is 2.78. The van der Waals surface area contributed by atoms with Crippen LogP contribution in [-0.4, -0.2) is 14.7 Å². The lowest BCUT2D eigenvalue weighted by atomic mass is 10.2. The van der Waals surface area contributed by atoms with E-state index in [1.165, 1.54) is 18.4 Å². The summed E-state index contributed by atoms with van der Waals surface area (Å²) >= 11 is 0. The predicted octanol–water partition coefficient (Wildman–Crippen LogP) is 1.94. The van der Waals surface area contributed by atoms with Crippen LogP contribution in [0.15, 0.2) is 35.4 Å². The summed E-state index contributed by atoms with van der Waals surface area (Å²) in [5, 5.41) is 0. The molecule has 22 heavy (non-hydrogen) atoms. The summed E-state index contributed by atoms with van der Waals surface area (Å²) in [4.78, 5) is 2.08. The van der Waals surface area contributed by atoms with Crippen molar-refractivity contribution < 1.29 is 21.8 Å². The van der Waals surface area contributed by atoms with Gasteiger partial charge in [0.25, 0.3) is 0 Å². The average Bonchev–Trinajstić information content (AvgIpc) is 2.81. The summed E-state index contributed by atoms with van der Waals surface area (Å²) < 4.78 is 52.1. The molecule has 7 heteroatoms. The lowest BCUT2D eigenvalue weighted by molar-refractivity contribution is -0.690. The predicted molar refractivity (Wildman–Crippen MR) is 77.0 cm³/mol. The molecule has 1 aliphatic heterocycles. The van der Waals surface area contributed by atoms with E-state index in [4.69, 9.17) is 0 Å². The van der Waals surface area contributed by atoms with Crippen LogP contribution in [0.5, 0.6) is 0 Å². The first-order chi connectivity index (χ1) is 10.3. The van der Waals surface area contributed by atoms with Gasteiger partial charge in [-0.2, -0.15) is 4.57 Å². The van der Waals surface area contributed by atoms with Crippen LogP contribution in [-0.2, 0) is 23.1 Å². The summed E-state index contributed by atoms with van der Waals surface area (Å²) in [6.45, 7) is 2.57. The number of nitrogens with zero attached hydrogens (tertiary/aromatic N) is 2. The number of rotatable bonds is 2. The molecule has 0 aliphatic carbocycles. The number of pyridine rings is 1. The number of anilines is 1. The lowest BCUT2D eigenvalue weighted by Gasteiger charge is -2.13. The third kappa shape index (κ3) is 2.56. The van der Waals surface area contributed by atoms with E-state index < -0.39 is 21.5 Å². The smallest absolute Gasteiger partial charge is 0.224 e. The fourth-order valence-corrected chi connectivity index (χ4v) is 3.77. The number of hydrogen-bond donors (Lipinski definition) is 0. The van der Waals surface area contributed by atoms with Gasteiger partial charge in [-0.1, -0.05) is 0 Å².